The van der Waals surface area contributed by atoms with E-state index in [-0.39, 0.29) is 0 Å². The molecule has 2 saturated heterocycles. The Balaban J connectivity index is 0.000000177. The maximum atomic E-state index is 5.54. The van der Waals surface area contributed by atoms with Crippen LogP contribution in [0.4, 0.5) is 11.4 Å². The average molecular weight is 409 g/mol. The Hall–Kier alpha value is -2.04. The summed E-state index contributed by atoms with van der Waals surface area (Å²) >= 11 is 0. The van der Waals surface area contributed by atoms with Crippen LogP contribution < -0.4 is 20.9 Å². The molecule has 0 saturated carbocycles. The number of anilines is 2. The van der Waals surface area contributed by atoms with Crippen LogP contribution in [0.2, 0.25) is 0 Å². The van der Waals surface area contributed by atoms with Gasteiger partial charge in [0.05, 0.1) is 0 Å². The van der Waals surface area contributed by atoms with E-state index in [9.17, 15) is 0 Å². The van der Waals surface area contributed by atoms with Crippen LogP contribution in [0.25, 0.3) is 0 Å². The van der Waals surface area contributed by atoms with E-state index < -0.39 is 0 Å². The molecule has 2 aromatic rings. The zero-order valence-electron chi connectivity index (χ0n) is 18.8. The maximum Gasteiger partial charge on any atom is 0.0366 e. The summed E-state index contributed by atoms with van der Waals surface area (Å²) in [6.07, 6.45) is 7.89. The van der Waals surface area contributed by atoms with Crippen molar-refractivity contribution in [3.05, 3.63) is 59.7 Å². The van der Waals surface area contributed by atoms with Crippen molar-refractivity contribution in [2.45, 2.75) is 58.5 Å². The zero-order valence-corrected chi connectivity index (χ0v) is 18.8. The normalized spacial score (nSPS) is 15.9. The molecule has 0 radical (unpaired) electrons. The molecule has 0 spiro atoms. The minimum Gasteiger partial charge on any atom is -0.372 e. The van der Waals surface area contributed by atoms with Crippen molar-refractivity contribution in [1.82, 2.24) is 5.32 Å². The molecule has 3 N–H and O–H groups in total. The van der Waals surface area contributed by atoms with E-state index in [1.54, 1.807) is 0 Å². The van der Waals surface area contributed by atoms with Crippen LogP contribution in [0.1, 0.15) is 56.6 Å². The monoisotopic (exact) mass is 408 g/mol. The SMILES string of the molecule is CCCCNCc1ccc(N2CCCC2)cc1.NCc1ccc(N2CCCC2)cc1. The Morgan fingerprint density at radius 2 is 1.20 bits per heavy atom. The Bertz CT molecular complexity index is 699. The Morgan fingerprint density at radius 1 is 0.733 bits per heavy atom. The second-order valence-electron chi connectivity index (χ2n) is 8.46. The molecular formula is C26H40N4. The summed E-state index contributed by atoms with van der Waals surface area (Å²) in [6, 6.07) is 17.6. The summed E-state index contributed by atoms with van der Waals surface area (Å²) in [5, 5.41) is 3.48. The van der Waals surface area contributed by atoms with Gasteiger partial charge in [-0.3, -0.25) is 0 Å². The lowest BCUT2D eigenvalue weighted by molar-refractivity contribution is 0.641. The van der Waals surface area contributed by atoms with Gasteiger partial charge in [-0.25, -0.2) is 0 Å². The first-order chi connectivity index (χ1) is 14.8. The summed E-state index contributed by atoms with van der Waals surface area (Å²) in [5.41, 5.74) is 10.9. The van der Waals surface area contributed by atoms with Crippen molar-refractivity contribution < 1.29 is 0 Å². The lowest BCUT2D eigenvalue weighted by atomic mass is 10.2. The van der Waals surface area contributed by atoms with Gasteiger partial charge < -0.3 is 20.9 Å². The van der Waals surface area contributed by atoms with Crippen LogP contribution >= 0.6 is 0 Å². The van der Waals surface area contributed by atoms with E-state index in [0.717, 1.165) is 13.1 Å². The molecule has 2 aliphatic rings. The summed E-state index contributed by atoms with van der Waals surface area (Å²) in [5.74, 6) is 0. The van der Waals surface area contributed by atoms with E-state index in [1.807, 2.05) is 0 Å². The molecule has 0 bridgehead atoms. The minimum atomic E-state index is 0.639. The van der Waals surface area contributed by atoms with Crippen LogP contribution in [-0.2, 0) is 13.1 Å². The van der Waals surface area contributed by atoms with E-state index in [0.29, 0.717) is 6.54 Å². The highest BCUT2D eigenvalue weighted by Gasteiger charge is 2.12. The van der Waals surface area contributed by atoms with Crippen LogP contribution in [-0.4, -0.2) is 32.7 Å². The van der Waals surface area contributed by atoms with Crippen LogP contribution in [0.15, 0.2) is 48.5 Å². The first-order valence-electron chi connectivity index (χ1n) is 11.9. The van der Waals surface area contributed by atoms with Gasteiger partial charge >= 0.3 is 0 Å². The van der Waals surface area contributed by atoms with Gasteiger partial charge in [0.15, 0.2) is 0 Å². The van der Waals surface area contributed by atoms with Gasteiger partial charge in [0, 0.05) is 50.6 Å². The number of nitrogens with two attached hydrogens (primary N) is 1. The topological polar surface area (TPSA) is 44.5 Å². The second kappa shape index (κ2) is 12.6. The van der Waals surface area contributed by atoms with E-state index in [1.165, 1.54) is 87.2 Å². The van der Waals surface area contributed by atoms with Crippen molar-refractivity contribution in [3.8, 4) is 0 Å². The summed E-state index contributed by atoms with van der Waals surface area (Å²) in [4.78, 5) is 4.91. The first-order valence-corrected chi connectivity index (χ1v) is 11.9. The highest BCUT2D eigenvalue weighted by molar-refractivity contribution is 5.49. The number of hydrogen-bond donors (Lipinski definition) is 2. The smallest absolute Gasteiger partial charge is 0.0366 e. The Labute approximate surface area is 183 Å². The fraction of sp³-hybridized carbons (Fsp3) is 0.538. The third kappa shape index (κ3) is 7.03. The maximum absolute atomic E-state index is 5.54. The second-order valence-corrected chi connectivity index (χ2v) is 8.46. The number of hydrogen-bond acceptors (Lipinski definition) is 4. The number of nitrogens with one attached hydrogen (secondary N) is 1. The van der Waals surface area contributed by atoms with Gasteiger partial charge in [-0.2, -0.15) is 0 Å². The van der Waals surface area contributed by atoms with E-state index >= 15 is 0 Å². The standard InChI is InChI=1S/C15H24N2.C11H16N2/c1-2-3-10-16-13-14-6-8-15(9-7-14)17-11-4-5-12-17;12-9-10-3-5-11(6-4-10)13-7-1-2-8-13/h6-9,16H,2-5,10-13H2,1H3;3-6H,1-2,7-9,12H2. The van der Waals surface area contributed by atoms with Crippen molar-refractivity contribution in [2.75, 3.05) is 42.5 Å². The van der Waals surface area contributed by atoms with Crippen LogP contribution in [0.5, 0.6) is 0 Å². The van der Waals surface area contributed by atoms with Gasteiger partial charge in [0.25, 0.3) is 0 Å². The Kier molecular flexibility index (Phi) is 9.52. The number of rotatable bonds is 8. The molecule has 0 unspecified atom stereocenters. The number of benzene rings is 2. The van der Waals surface area contributed by atoms with Crippen molar-refractivity contribution in [2.24, 2.45) is 5.73 Å². The summed E-state index contributed by atoms with van der Waals surface area (Å²) in [7, 11) is 0. The third-order valence-corrected chi connectivity index (χ3v) is 6.09. The lowest BCUT2D eigenvalue weighted by Crippen LogP contribution is -2.18. The molecule has 0 amide bonds. The fourth-order valence-electron chi connectivity index (χ4n) is 4.15. The predicted octanol–water partition coefficient (Wildman–Crippen LogP) is 4.92. The molecule has 4 nitrogen and oxygen atoms in total. The van der Waals surface area contributed by atoms with Crippen molar-refractivity contribution in [3.63, 3.8) is 0 Å². The van der Waals surface area contributed by atoms with Crippen LogP contribution in [0.3, 0.4) is 0 Å². The molecule has 164 valence electrons. The lowest BCUT2D eigenvalue weighted by Gasteiger charge is -2.17. The fourth-order valence-corrected chi connectivity index (χ4v) is 4.15. The van der Waals surface area contributed by atoms with Crippen molar-refractivity contribution in [1.29, 1.82) is 0 Å². The van der Waals surface area contributed by atoms with Gasteiger partial charge in [-0.05, 0) is 74.0 Å². The highest BCUT2D eigenvalue weighted by Crippen LogP contribution is 2.21. The average Bonchev–Trinajstić information content (AvgIpc) is 3.52. The molecule has 4 rings (SSSR count). The summed E-state index contributed by atoms with van der Waals surface area (Å²) in [6.45, 7) is 9.88. The third-order valence-electron chi connectivity index (χ3n) is 6.09. The van der Waals surface area contributed by atoms with E-state index in [4.69, 9.17) is 5.73 Å². The van der Waals surface area contributed by atoms with E-state index in [2.05, 4.69) is 70.6 Å². The Morgan fingerprint density at radius 3 is 1.63 bits per heavy atom. The predicted molar refractivity (Wildman–Crippen MR) is 130 cm³/mol. The number of unbranched alkanes of at least 4 members (excludes halogenated alkanes) is 1. The van der Waals surface area contributed by atoms with Gasteiger partial charge in [0.1, 0.15) is 0 Å². The van der Waals surface area contributed by atoms with Gasteiger partial charge in [-0.15, -0.1) is 0 Å². The quantitative estimate of drug-likeness (QED) is 0.609. The molecule has 4 heteroatoms. The molecule has 0 atom stereocenters. The van der Waals surface area contributed by atoms with Crippen LogP contribution in [0, 0.1) is 0 Å². The van der Waals surface area contributed by atoms with Gasteiger partial charge in [-0.1, -0.05) is 37.6 Å². The molecule has 30 heavy (non-hydrogen) atoms. The summed E-state index contributed by atoms with van der Waals surface area (Å²) < 4.78 is 0. The van der Waals surface area contributed by atoms with Crippen molar-refractivity contribution >= 4 is 11.4 Å². The molecule has 2 aromatic carbocycles. The first kappa shape index (κ1) is 22.6. The molecule has 2 aliphatic heterocycles. The molecular weight excluding hydrogens is 368 g/mol. The number of nitrogens with zero attached hydrogens (tertiary/aromatic N) is 2. The molecule has 0 aromatic heterocycles. The largest absolute Gasteiger partial charge is 0.372 e. The molecule has 0 aliphatic carbocycles. The molecule has 2 heterocycles. The zero-order chi connectivity index (χ0) is 21.0. The minimum absolute atomic E-state index is 0.639. The highest BCUT2D eigenvalue weighted by atomic mass is 15.1. The van der Waals surface area contributed by atoms with Gasteiger partial charge in [0.2, 0.25) is 0 Å². The molecule has 2 fully saturated rings.